The molecule has 0 radical (unpaired) electrons. The molecule has 0 spiro atoms. The third-order valence-electron chi connectivity index (χ3n) is 3.15. The molecule has 0 heterocycles. The molecule has 0 bridgehead atoms. The van der Waals surface area contributed by atoms with Crippen LogP contribution in [0, 0.1) is 0 Å². The van der Waals surface area contributed by atoms with Crippen molar-refractivity contribution in [3.05, 3.63) is 52.0 Å². The number of halogens is 1. The molecule has 0 aromatic heterocycles. The molecule has 0 saturated carbocycles. The predicted octanol–water partition coefficient (Wildman–Crippen LogP) is 3.71. The van der Waals surface area contributed by atoms with Gasteiger partial charge in [0.1, 0.15) is 5.75 Å². The number of nitrogens with zero attached hydrogens (tertiary/aromatic N) is 1. The Morgan fingerprint density at radius 2 is 1.96 bits per heavy atom. The van der Waals surface area contributed by atoms with Crippen LogP contribution in [0.15, 0.2) is 46.0 Å². The number of ether oxygens (including phenoxy) is 2. The van der Waals surface area contributed by atoms with Gasteiger partial charge in [-0.05, 0) is 50.2 Å². The van der Waals surface area contributed by atoms with E-state index in [1.165, 1.54) is 13.3 Å². The molecule has 0 aliphatic heterocycles. The molecule has 0 atom stereocenters. The number of aromatic hydroxyl groups is 1. The number of methoxy groups -OCH3 is 1. The zero-order valence-corrected chi connectivity index (χ0v) is 15.7. The summed E-state index contributed by atoms with van der Waals surface area (Å²) in [6, 6.07) is 10.1. The largest absolute Gasteiger partial charge is 0.504 e. The quantitative estimate of drug-likeness (QED) is 0.565. The van der Waals surface area contributed by atoms with Crippen LogP contribution in [0.2, 0.25) is 0 Å². The molecule has 25 heavy (non-hydrogen) atoms. The second kappa shape index (κ2) is 8.53. The first-order valence-electron chi connectivity index (χ1n) is 7.57. The number of rotatable bonds is 6. The highest BCUT2D eigenvalue weighted by atomic mass is 79.9. The van der Waals surface area contributed by atoms with Crippen molar-refractivity contribution in [3.63, 3.8) is 0 Å². The lowest BCUT2D eigenvalue weighted by Crippen LogP contribution is -2.17. The van der Waals surface area contributed by atoms with E-state index in [9.17, 15) is 9.90 Å². The number of phenols is 1. The van der Waals surface area contributed by atoms with E-state index in [1.54, 1.807) is 36.4 Å². The van der Waals surface area contributed by atoms with E-state index < -0.39 is 0 Å². The number of phenolic OH excluding ortho intramolecular Hbond substituents is 1. The van der Waals surface area contributed by atoms with Crippen molar-refractivity contribution >= 4 is 28.1 Å². The normalized spacial score (nSPS) is 10.9. The van der Waals surface area contributed by atoms with Crippen LogP contribution in [0.25, 0.3) is 0 Å². The summed E-state index contributed by atoms with van der Waals surface area (Å²) in [5.41, 5.74) is 3.27. The number of benzene rings is 2. The second-order valence-electron chi connectivity index (χ2n) is 5.44. The van der Waals surface area contributed by atoms with Crippen molar-refractivity contribution in [2.24, 2.45) is 5.10 Å². The molecule has 2 rings (SSSR count). The minimum Gasteiger partial charge on any atom is -0.504 e. The lowest BCUT2D eigenvalue weighted by Gasteiger charge is -2.09. The summed E-state index contributed by atoms with van der Waals surface area (Å²) in [7, 11) is 1.46. The van der Waals surface area contributed by atoms with Crippen molar-refractivity contribution in [1.29, 1.82) is 0 Å². The van der Waals surface area contributed by atoms with Crippen LogP contribution in [0.5, 0.6) is 17.2 Å². The van der Waals surface area contributed by atoms with E-state index in [0.29, 0.717) is 22.6 Å². The van der Waals surface area contributed by atoms with Crippen molar-refractivity contribution in [3.8, 4) is 17.2 Å². The SMILES string of the molecule is COc1cc(Br)cc(/C=N/NC(=O)c2ccc(OC(C)C)cc2)c1O. The highest BCUT2D eigenvalue weighted by molar-refractivity contribution is 9.10. The van der Waals surface area contributed by atoms with Crippen molar-refractivity contribution in [2.45, 2.75) is 20.0 Å². The molecule has 1 amide bonds. The highest BCUT2D eigenvalue weighted by Crippen LogP contribution is 2.32. The zero-order chi connectivity index (χ0) is 18.4. The molecule has 132 valence electrons. The molecule has 0 fully saturated rings. The molecular formula is C18H19BrN2O4. The van der Waals surface area contributed by atoms with E-state index >= 15 is 0 Å². The second-order valence-corrected chi connectivity index (χ2v) is 6.35. The Bertz CT molecular complexity index is 773. The van der Waals surface area contributed by atoms with Gasteiger partial charge in [0.25, 0.3) is 5.91 Å². The molecule has 7 heteroatoms. The summed E-state index contributed by atoms with van der Waals surface area (Å²) in [6.07, 6.45) is 1.41. The Kier molecular flexibility index (Phi) is 6.41. The fourth-order valence-electron chi connectivity index (χ4n) is 2.03. The van der Waals surface area contributed by atoms with Crippen LogP contribution < -0.4 is 14.9 Å². The highest BCUT2D eigenvalue weighted by Gasteiger charge is 2.09. The number of carbonyl (C=O) groups excluding carboxylic acids is 1. The van der Waals surface area contributed by atoms with Gasteiger partial charge in [0, 0.05) is 15.6 Å². The molecule has 2 aromatic rings. The van der Waals surface area contributed by atoms with Crippen LogP contribution in [-0.4, -0.2) is 30.4 Å². The molecule has 2 N–H and O–H groups in total. The molecule has 0 aliphatic carbocycles. The van der Waals surface area contributed by atoms with Crippen LogP contribution in [0.1, 0.15) is 29.8 Å². The lowest BCUT2D eigenvalue weighted by molar-refractivity contribution is 0.0955. The number of hydrazone groups is 1. The zero-order valence-electron chi connectivity index (χ0n) is 14.1. The molecular weight excluding hydrogens is 388 g/mol. The van der Waals surface area contributed by atoms with Gasteiger partial charge in [0.2, 0.25) is 0 Å². The molecule has 2 aromatic carbocycles. The Balaban J connectivity index is 2.04. The molecule has 0 saturated heterocycles. The van der Waals surface area contributed by atoms with Crippen LogP contribution in [-0.2, 0) is 0 Å². The van der Waals surface area contributed by atoms with Gasteiger partial charge in [-0.25, -0.2) is 5.43 Å². The van der Waals surface area contributed by atoms with Gasteiger partial charge in [0.05, 0.1) is 19.4 Å². The lowest BCUT2D eigenvalue weighted by atomic mass is 10.2. The maximum Gasteiger partial charge on any atom is 0.271 e. The average molecular weight is 407 g/mol. The molecule has 6 nitrogen and oxygen atoms in total. The topological polar surface area (TPSA) is 80.2 Å². The smallest absolute Gasteiger partial charge is 0.271 e. The first kappa shape index (κ1) is 18.8. The third-order valence-corrected chi connectivity index (χ3v) is 3.60. The van der Waals surface area contributed by atoms with E-state index in [4.69, 9.17) is 9.47 Å². The standard InChI is InChI=1S/C18H19BrN2O4/c1-11(2)25-15-6-4-12(5-7-15)18(23)21-20-10-13-8-14(19)9-16(24-3)17(13)22/h4-11,22H,1-3H3,(H,21,23)/b20-10+. The fraction of sp³-hybridized carbons (Fsp3) is 0.222. The summed E-state index contributed by atoms with van der Waals surface area (Å²) < 4.78 is 11.3. The summed E-state index contributed by atoms with van der Waals surface area (Å²) >= 11 is 3.32. The minimum absolute atomic E-state index is 0.0566. The maximum absolute atomic E-state index is 12.1. The van der Waals surface area contributed by atoms with Crippen LogP contribution >= 0.6 is 15.9 Å². The van der Waals surface area contributed by atoms with Gasteiger partial charge in [0.15, 0.2) is 11.5 Å². The number of carbonyl (C=O) groups is 1. The van der Waals surface area contributed by atoms with E-state index in [-0.39, 0.29) is 17.8 Å². The first-order valence-corrected chi connectivity index (χ1v) is 8.36. The fourth-order valence-corrected chi connectivity index (χ4v) is 2.49. The van der Waals surface area contributed by atoms with Gasteiger partial charge in [-0.1, -0.05) is 15.9 Å². The Labute approximate surface area is 154 Å². The minimum atomic E-state index is -0.367. The van der Waals surface area contributed by atoms with E-state index in [0.717, 1.165) is 4.47 Å². The van der Waals surface area contributed by atoms with Crippen LogP contribution in [0.3, 0.4) is 0 Å². The molecule has 0 aliphatic rings. The van der Waals surface area contributed by atoms with Gasteiger partial charge in [-0.3, -0.25) is 4.79 Å². The van der Waals surface area contributed by atoms with E-state index in [1.807, 2.05) is 13.8 Å². The van der Waals surface area contributed by atoms with Gasteiger partial charge in [-0.15, -0.1) is 0 Å². The maximum atomic E-state index is 12.1. The van der Waals surface area contributed by atoms with E-state index in [2.05, 4.69) is 26.5 Å². The van der Waals surface area contributed by atoms with Crippen molar-refractivity contribution in [1.82, 2.24) is 5.43 Å². The van der Waals surface area contributed by atoms with Gasteiger partial charge < -0.3 is 14.6 Å². The van der Waals surface area contributed by atoms with Crippen LogP contribution in [0.4, 0.5) is 0 Å². The number of nitrogens with one attached hydrogen (secondary N) is 1. The first-order chi connectivity index (χ1) is 11.9. The summed E-state index contributed by atoms with van der Waals surface area (Å²) in [5, 5.41) is 13.9. The average Bonchev–Trinajstić information content (AvgIpc) is 2.57. The summed E-state index contributed by atoms with van der Waals surface area (Å²) in [4.78, 5) is 12.1. The molecule has 0 unspecified atom stereocenters. The number of hydrogen-bond acceptors (Lipinski definition) is 5. The Morgan fingerprint density at radius 1 is 1.28 bits per heavy atom. The number of amides is 1. The van der Waals surface area contributed by atoms with Gasteiger partial charge >= 0.3 is 0 Å². The predicted molar refractivity (Wildman–Crippen MR) is 99.6 cm³/mol. The van der Waals surface area contributed by atoms with Crippen molar-refractivity contribution < 1.29 is 19.4 Å². The number of hydrogen-bond donors (Lipinski definition) is 2. The van der Waals surface area contributed by atoms with Gasteiger partial charge in [-0.2, -0.15) is 5.10 Å². The Hall–Kier alpha value is -2.54. The third kappa shape index (κ3) is 5.22. The summed E-state index contributed by atoms with van der Waals surface area (Å²) in [5.74, 6) is 0.580. The van der Waals surface area contributed by atoms with Crippen molar-refractivity contribution in [2.75, 3.05) is 7.11 Å². The summed E-state index contributed by atoms with van der Waals surface area (Å²) in [6.45, 7) is 3.86. The Morgan fingerprint density at radius 3 is 2.56 bits per heavy atom. The monoisotopic (exact) mass is 406 g/mol.